The lowest BCUT2D eigenvalue weighted by atomic mass is 10.2. The highest BCUT2D eigenvalue weighted by Gasteiger charge is 2.13. The summed E-state index contributed by atoms with van der Waals surface area (Å²) in [6, 6.07) is 16.1. The number of aryl methyl sites for hydroxylation is 1. The Hall–Kier alpha value is -2.79. The largest absolute Gasteiger partial charge is 0.497 e. The first-order valence-electron chi connectivity index (χ1n) is 7.35. The fourth-order valence-corrected chi connectivity index (χ4v) is 2.53. The van der Waals surface area contributed by atoms with Crippen LogP contribution in [0.5, 0.6) is 5.75 Å². The second-order valence-corrected chi connectivity index (χ2v) is 5.69. The minimum Gasteiger partial charge on any atom is -0.497 e. The summed E-state index contributed by atoms with van der Waals surface area (Å²) in [6.45, 7) is 1.86. The maximum absolute atomic E-state index is 12.5. The van der Waals surface area contributed by atoms with E-state index < -0.39 is 0 Å². The predicted octanol–water partition coefficient (Wildman–Crippen LogP) is 4.10. The number of methoxy groups -OCH3 is 1. The Morgan fingerprint density at radius 3 is 2.71 bits per heavy atom. The van der Waals surface area contributed by atoms with E-state index in [4.69, 9.17) is 16.3 Å². The molecule has 1 heterocycles. The van der Waals surface area contributed by atoms with Crippen molar-refractivity contribution in [1.82, 2.24) is 9.78 Å². The first-order chi connectivity index (χ1) is 11.6. The van der Waals surface area contributed by atoms with Gasteiger partial charge < -0.3 is 10.1 Å². The molecule has 24 heavy (non-hydrogen) atoms. The lowest BCUT2D eigenvalue weighted by Crippen LogP contribution is -2.15. The number of anilines is 1. The molecule has 5 nitrogen and oxygen atoms in total. The first kappa shape index (κ1) is 16.1. The van der Waals surface area contributed by atoms with Gasteiger partial charge in [-0.25, -0.2) is 4.68 Å². The molecule has 3 rings (SSSR count). The standard InChI is InChI=1S/C18H16ClN3O2/c1-12-9-17(22(21-12)15-7-4-6-14(19)11-15)20-18(23)13-5-3-8-16(10-13)24-2/h3-11H,1-2H3,(H,20,23). The Morgan fingerprint density at radius 1 is 1.17 bits per heavy atom. The van der Waals surface area contributed by atoms with E-state index in [0.29, 0.717) is 22.2 Å². The number of hydrogen-bond acceptors (Lipinski definition) is 3. The molecule has 1 amide bonds. The summed E-state index contributed by atoms with van der Waals surface area (Å²) in [5.41, 5.74) is 2.07. The molecule has 0 unspecified atom stereocenters. The van der Waals surface area contributed by atoms with Crippen molar-refractivity contribution >= 4 is 23.3 Å². The molecule has 2 aromatic carbocycles. The fourth-order valence-electron chi connectivity index (χ4n) is 2.35. The van der Waals surface area contributed by atoms with E-state index in [1.807, 2.05) is 19.1 Å². The van der Waals surface area contributed by atoms with Crippen molar-refractivity contribution in [2.75, 3.05) is 12.4 Å². The summed E-state index contributed by atoms with van der Waals surface area (Å²) in [5, 5.41) is 7.90. The molecule has 0 radical (unpaired) electrons. The van der Waals surface area contributed by atoms with Gasteiger partial charge in [0.15, 0.2) is 0 Å². The Balaban J connectivity index is 1.91. The van der Waals surface area contributed by atoms with Crippen LogP contribution in [-0.2, 0) is 0 Å². The van der Waals surface area contributed by atoms with E-state index in [1.54, 1.807) is 54.3 Å². The number of halogens is 1. The molecular formula is C18H16ClN3O2. The van der Waals surface area contributed by atoms with E-state index in [2.05, 4.69) is 10.4 Å². The molecule has 0 aliphatic carbocycles. The average Bonchev–Trinajstić information content (AvgIpc) is 2.95. The second-order valence-electron chi connectivity index (χ2n) is 5.25. The monoisotopic (exact) mass is 341 g/mol. The number of aromatic nitrogens is 2. The van der Waals surface area contributed by atoms with Crippen molar-refractivity contribution in [3.8, 4) is 11.4 Å². The molecule has 0 fully saturated rings. The van der Waals surface area contributed by atoms with Crippen LogP contribution in [0.1, 0.15) is 16.1 Å². The topological polar surface area (TPSA) is 56.1 Å². The molecule has 0 atom stereocenters. The molecule has 0 saturated heterocycles. The van der Waals surface area contributed by atoms with Crippen molar-refractivity contribution in [2.45, 2.75) is 6.92 Å². The number of nitrogens with zero attached hydrogens (tertiary/aromatic N) is 2. The van der Waals surface area contributed by atoms with Gasteiger partial charge in [-0.15, -0.1) is 0 Å². The van der Waals surface area contributed by atoms with Crippen LogP contribution in [-0.4, -0.2) is 22.8 Å². The molecular weight excluding hydrogens is 326 g/mol. The summed E-state index contributed by atoms with van der Waals surface area (Å²) in [7, 11) is 1.56. The molecule has 0 aliphatic rings. The summed E-state index contributed by atoms with van der Waals surface area (Å²) in [6.07, 6.45) is 0. The van der Waals surface area contributed by atoms with Gasteiger partial charge in [0.1, 0.15) is 11.6 Å². The summed E-state index contributed by atoms with van der Waals surface area (Å²) >= 11 is 6.05. The van der Waals surface area contributed by atoms with Crippen molar-refractivity contribution < 1.29 is 9.53 Å². The zero-order valence-corrected chi connectivity index (χ0v) is 14.0. The van der Waals surface area contributed by atoms with Gasteiger partial charge in [0.2, 0.25) is 0 Å². The predicted molar refractivity (Wildman–Crippen MR) is 94.3 cm³/mol. The number of rotatable bonds is 4. The van der Waals surface area contributed by atoms with Gasteiger partial charge in [-0.2, -0.15) is 5.10 Å². The minimum absolute atomic E-state index is 0.239. The lowest BCUT2D eigenvalue weighted by molar-refractivity contribution is 0.102. The first-order valence-corrected chi connectivity index (χ1v) is 7.72. The molecule has 0 bridgehead atoms. The highest BCUT2D eigenvalue weighted by Crippen LogP contribution is 2.21. The molecule has 122 valence electrons. The quantitative estimate of drug-likeness (QED) is 0.777. The van der Waals surface area contributed by atoms with Crippen molar-refractivity contribution in [1.29, 1.82) is 0 Å². The Labute approximate surface area is 144 Å². The molecule has 0 aliphatic heterocycles. The Bertz CT molecular complexity index is 889. The van der Waals surface area contributed by atoms with E-state index in [-0.39, 0.29) is 5.91 Å². The van der Waals surface area contributed by atoms with Gasteiger partial charge in [-0.1, -0.05) is 23.7 Å². The number of nitrogens with one attached hydrogen (secondary N) is 1. The summed E-state index contributed by atoms with van der Waals surface area (Å²) < 4.78 is 6.81. The van der Waals surface area contributed by atoms with Crippen LogP contribution >= 0.6 is 11.6 Å². The van der Waals surface area contributed by atoms with Crippen molar-refractivity contribution in [3.63, 3.8) is 0 Å². The zero-order valence-electron chi connectivity index (χ0n) is 13.3. The third kappa shape index (κ3) is 3.41. The molecule has 1 aromatic heterocycles. The fraction of sp³-hybridized carbons (Fsp3) is 0.111. The van der Waals surface area contributed by atoms with E-state index in [1.165, 1.54) is 0 Å². The number of carbonyl (C=O) groups is 1. The maximum atomic E-state index is 12.5. The van der Waals surface area contributed by atoms with Crippen LogP contribution in [0, 0.1) is 6.92 Å². The van der Waals surface area contributed by atoms with Crippen LogP contribution in [0.4, 0.5) is 5.82 Å². The van der Waals surface area contributed by atoms with E-state index in [0.717, 1.165) is 11.4 Å². The molecule has 0 spiro atoms. The number of amides is 1. The lowest BCUT2D eigenvalue weighted by Gasteiger charge is -2.10. The minimum atomic E-state index is -0.239. The maximum Gasteiger partial charge on any atom is 0.256 e. The van der Waals surface area contributed by atoms with Gasteiger partial charge in [0.25, 0.3) is 5.91 Å². The highest BCUT2D eigenvalue weighted by atomic mass is 35.5. The van der Waals surface area contributed by atoms with Crippen LogP contribution in [0.2, 0.25) is 5.02 Å². The normalized spacial score (nSPS) is 10.5. The van der Waals surface area contributed by atoms with Crippen LogP contribution < -0.4 is 10.1 Å². The van der Waals surface area contributed by atoms with Gasteiger partial charge in [-0.3, -0.25) is 4.79 Å². The molecule has 0 saturated carbocycles. The third-order valence-electron chi connectivity index (χ3n) is 3.46. The third-order valence-corrected chi connectivity index (χ3v) is 3.69. The summed E-state index contributed by atoms with van der Waals surface area (Å²) in [5.74, 6) is 0.960. The number of hydrogen-bond donors (Lipinski definition) is 1. The van der Waals surface area contributed by atoms with Crippen molar-refractivity contribution in [3.05, 3.63) is 70.9 Å². The van der Waals surface area contributed by atoms with Crippen LogP contribution in [0.25, 0.3) is 5.69 Å². The summed E-state index contributed by atoms with van der Waals surface area (Å²) in [4.78, 5) is 12.5. The van der Waals surface area contributed by atoms with Gasteiger partial charge >= 0.3 is 0 Å². The Morgan fingerprint density at radius 2 is 1.96 bits per heavy atom. The SMILES string of the molecule is COc1cccc(C(=O)Nc2cc(C)nn2-c2cccc(Cl)c2)c1. The van der Waals surface area contributed by atoms with Gasteiger partial charge in [-0.05, 0) is 43.3 Å². The molecule has 6 heteroatoms. The van der Waals surface area contributed by atoms with Crippen LogP contribution in [0.3, 0.4) is 0 Å². The molecule has 3 aromatic rings. The smallest absolute Gasteiger partial charge is 0.256 e. The highest BCUT2D eigenvalue weighted by molar-refractivity contribution is 6.30. The van der Waals surface area contributed by atoms with E-state index in [9.17, 15) is 4.79 Å². The van der Waals surface area contributed by atoms with Crippen LogP contribution in [0.15, 0.2) is 54.6 Å². The average molecular weight is 342 g/mol. The Kier molecular flexibility index (Phi) is 4.53. The number of carbonyl (C=O) groups excluding carboxylic acids is 1. The van der Waals surface area contributed by atoms with E-state index >= 15 is 0 Å². The van der Waals surface area contributed by atoms with Gasteiger partial charge in [0.05, 0.1) is 18.5 Å². The number of benzene rings is 2. The van der Waals surface area contributed by atoms with Gasteiger partial charge in [0, 0.05) is 16.7 Å². The molecule has 1 N–H and O–H groups in total. The zero-order chi connectivity index (χ0) is 17.1. The van der Waals surface area contributed by atoms with Crippen molar-refractivity contribution in [2.24, 2.45) is 0 Å². The number of ether oxygens (including phenoxy) is 1. The second kappa shape index (κ2) is 6.76.